The predicted octanol–water partition coefficient (Wildman–Crippen LogP) is -3.63. The Hall–Kier alpha value is -10.2. The molecular formula is C67H98N20O18S2. The van der Waals surface area contributed by atoms with Crippen molar-refractivity contribution < 1.29 is 87.2 Å². The predicted molar refractivity (Wildman–Crippen MR) is 388 cm³/mol. The van der Waals surface area contributed by atoms with Gasteiger partial charge in [0.25, 0.3) is 0 Å². The van der Waals surface area contributed by atoms with Gasteiger partial charge >= 0.3 is 11.9 Å². The highest BCUT2D eigenvalue weighted by Crippen LogP contribution is 2.25. The van der Waals surface area contributed by atoms with E-state index in [9.17, 15) is 77.6 Å². The van der Waals surface area contributed by atoms with E-state index >= 15 is 9.59 Å². The molecule has 0 aliphatic carbocycles. The van der Waals surface area contributed by atoms with Crippen molar-refractivity contribution in [2.24, 2.45) is 11.7 Å². The molecule has 0 spiro atoms. The lowest BCUT2D eigenvalue weighted by atomic mass is 10.0. The number of benzene rings is 1. The van der Waals surface area contributed by atoms with E-state index in [1.54, 1.807) is 72.0 Å². The Bertz CT molecular complexity index is 3810. The lowest BCUT2D eigenvalue weighted by molar-refractivity contribution is -0.140. The first-order valence-electron chi connectivity index (χ1n) is 35.0. The fraction of sp³-hybridized carbons (Fsp3) is 0.582. The van der Waals surface area contributed by atoms with E-state index in [4.69, 9.17) is 5.73 Å². The summed E-state index contributed by atoms with van der Waals surface area (Å²) in [5, 5.41) is 73.2. The van der Waals surface area contributed by atoms with Crippen molar-refractivity contribution in [2.45, 2.75) is 223 Å². The molecular weight excluding hydrogens is 1440 g/mol. The summed E-state index contributed by atoms with van der Waals surface area (Å²) in [6.07, 6.45) is 1.12. The number of fused-ring (bicyclic) bond motifs is 6. The van der Waals surface area contributed by atoms with Gasteiger partial charge in [-0.2, -0.15) is 0 Å². The maximum atomic E-state index is 15.3. The van der Waals surface area contributed by atoms with E-state index in [2.05, 4.69) is 94.4 Å². The number of carboxylic acids is 2. The van der Waals surface area contributed by atoms with E-state index in [1.165, 1.54) is 37.3 Å². The summed E-state index contributed by atoms with van der Waals surface area (Å²) in [5.41, 5.74) is 6.40. The van der Waals surface area contributed by atoms with Crippen molar-refractivity contribution in [3.8, 4) is 0 Å². The van der Waals surface area contributed by atoms with E-state index in [0.29, 0.717) is 22.2 Å². The molecule has 0 radical (unpaired) electrons. The molecule has 3 aromatic heterocycles. The van der Waals surface area contributed by atoms with E-state index < -0.39 is 210 Å². The van der Waals surface area contributed by atoms with E-state index in [-0.39, 0.29) is 75.9 Å². The number of H-pyrrole nitrogens is 2. The maximum absolute atomic E-state index is 15.3. The third-order valence-corrected chi connectivity index (χ3v) is 19.4. The van der Waals surface area contributed by atoms with Gasteiger partial charge in [-0.15, -0.1) is 5.10 Å². The van der Waals surface area contributed by atoms with Crippen LogP contribution in [-0.2, 0) is 97.7 Å². The first-order chi connectivity index (χ1) is 50.6. The number of aliphatic hydroxyl groups excluding tert-OH is 1. The summed E-state index contributed by atoms with van der Waals surface area (Å²) in [6, 6.07) is -12.0. The zero-order chi connectivity index (χ0) is 78.8. The Morgan fingerprint density at radius 1 is 0.710 bits per heavy atom. The van der Waals surface area contributed by atoms with Crippen molar-refractivity contribution in [3.05, 3.63) is 66.1 Å². The van der Waals surface area contributed by atoms with Crippen LogP contribution in [0.5, 0.6) is 0 Å². The highest BCUT2D eigenvalue weighted by molar-refractivity contribution is 8.76. The first-order valence-corrected chi connectivity index (χ1v) is 37.5. The number of aromatic nitrogens is 6. The number of para-hydroxylation sites is 1. The van der Waals surface area contributed by atoms with Crippen LogP contribution in [-0.4, -0.2) is 236 Å². The fourth-order valence-corrected chi connectivity index (χ4v) is 13.8. The van der Waals surface area contributed by atoms with Gasteiger partial charge < -0.3 is 100 Å². The second kappa shape index (κ2) is 41.0. The molecule has 1 aromatic carbocycles. The number of rotatable bonds is 20. The summed E-state index contributed by atoms with van der Waals surface area (Å²) >= 11 is 0. The Kier molecular flexibility index (Phi) is 32.9. The lowest BCUT2D eigenvalue weighted by Gasteiger charge is -2.29. The second-order valence-electron chi connectivity index (χ2n) is 27.6. The standard InChI is InChI=1S/C67H98N20O18S2/c1-9-13-41-58(97)77-42-16-12-21-87-29-37(85-86-87)17-18-44(61(100)80-47(24-38-27-69-32-72-38)63(102)78-45(22-33(2)3)57(96)71-28-51(89)74-43(60(99)76-41)19-20-52(90)91)75-56(95)34(4)73-65(104)49(82-64(103)48(25-53(92)93)84-67(6,7)8)30-106-107-31-50(66(105)83-54(35(5)88)55(68)94)81-62(101)46(79-59(42)98)23-36-26-70-40-15-11-10-14-39(36)40/h10-11,14-15,26-27,29,32-35,41-50,54,70,84,88H,9,12-13,16-25,28,30-31H2,1-8H3,(H2,68,94)(H,69,72)(H,71,96)(H,73,104)(H,74,89)(H,75,95)(H,76,99)(H,77,97)(H,78,102)(H,79,98)(H,80,100)(H,81,101)(H,82,103)(H,83,105)(H,90,91)(H,92,93)/t34-,35+,41-,42-,43-,44-,45-,46-,47-,48-,49-,50-,54-/m0/s1. The van der Waals surface area contributed by atoms with Gasteiger partial charge in [-0.3, -0.25) is 76.6 Å². The number of primary amides is 1. The largest absolute Gasteiger partial charge is 0.481 e. The SMILES string of the molecule is CCC[C@@H]1NC(=O)[C@H](CCC(=O)O)NC(=O)CNC(=O)[C@H](CC(C)C)NC(=O)[C@H](Cc2cnc[nH]2)NC(=O)[C@@H]2CCc3cn(nn3)CCC[C@H](NC1=O)C(=O)N[C@@H](Cc1c[nH]c3ccccc13)C(=O)N[C@H](C(=O)N[C@H](C(N)=O)[C@@H](C)O)CSSC[C@H](NC(=O)[C@H](CC(=O)O)NC(C)(C)C)C(=O)N[C@@H](C)C(=O)N2. The van der Waals surface area contributed by atoms with Crippen molar-refractivity contribution in [3.63, 3.8) is 0 Å². The maximum Gasteiger partial charge on any atom is 0.305 e. The van der Waals surface area contributed by atoms with Gasteiger partial charge in [0, 0.05) is 78.0 Å². The minimum absolute atomic E-state index is 0.0102. The number of carbonyl (C=O) groups is 15. The summed E-state index contributed by atoms with van der Waals surface area (Å²) in [4.78, 5) is 222. The van der Waals surface area contributed by atoms with Crippen LogP contribution in [0.15, 0.2) is 49.2 Å². The number of carboxylic acid groups (broad SMARTS) is 2. The number of aliphatic carboxylic acids is 2. The van der Waals surface area contributed by atoms with E-state index in [1.807, 2.05) is 0 Å². The number of amides is 13. The Labute approximate surface area is 623 Å². The summed E-state index contributed by atoms with van der Waals surface area (Å²) in [7, 11) is 1.66. The molecule has 2 aliphatic rings. The number of hydrogen-bond donors (Lipinski definition) is 19. The van der Waals surface area contributed by atoms with Crippen molar-refractivity contribution >= 4 is 121 Å². The van der Waals surface area contributed by atoms with Gasteiger partial charge in [0.15, 0.2) is 0 Å². The van der Waals surface area contributed by atoms with Gasteiger partial charge in [-0.25, -0.2) is 4.98 Å². The molecule has 5 heterocycles. The topological polar surface area (TPSA) is 574 Å². The van der Waals surface area contributed by atoms with Gasteiger partial charge in [-0.05, 0) is 97.1 Å². The van der Waals surface area contributed by atoms with Crippen molar-refractivity contribution in [1.82, 2.24) is 99.1 Å². The monoisotopic (exact) mass is 1530 g/mol. The number of aromatic amines is 2. The van der Waals surface area contributed by atoms with Crippen LogP contribution in [0.2, 0.25) is 0 Å². The molecule has 13 atom stereocenters. The molecule has 20 N–H and O–H groups in total. The average Bonchev–Trinajstić information content (AvgIpc) is 1.71. The number of carbonyl (C=O) groups excluding carboxylic acids is 13. The Morgan fingerprint density at radius 2 is 1.34 bits per heavy atom. The number of aryl methyl sites for hydroxylation is 2. The van der Waals surface area contributed by atoms with Gasteiger partial charge in [0.2, 0.25) is 76.8 Å². The van der Waals surface area contributed by atoms with Gasteiger partial charge in [-0.1, -0.05) is 72.2 Å². The van der Waals surface area contributed by atoms with Crippen LogP contribution in [0, 0.1) is 5.92 Å². The minimum atomic E-state index is -1.73. The molecule has 107 heavy (non-hydrogen) atoms. The summed E-state index contributed by atoms with van der Waals surface area (Å²) < 4.78 is 1.38. The van der Waals surface area contributed by atoms with Crippen LogP contribution in [0.4, 0.5) is 0 Å². The zero-order valence-electron chi connectivity index (χ0n) is 60.7. The van der Waals surface area contributed by atoms with Gasteiger partial charge in [0.1, 0.15) is 66.5 Å². The third kappa shape index (κ3) is 27.9. The van der Waals surface area contributed by atoms with E-state index in [0.717, 1.165) is 21.6 Å². The zero-order valence-corrected chi connectivity index (χ0v) is 62.3. The smallest absolute Gasteiger partial charge is 0.305 e. The molecule has 0 unspecified atom stereocenters. The highest BCUT2D eigenvalue weighted by atomic mass is 33.1. The number of hydrogen-bond acceptors (Lipinski definition) is 22. The number of nitrogens with two attached hydrogens (primary N) is 1. The molecule has 6 rings (SSSR count). The first kappa shape index (κ1) is 85.7. The quantitative estimate of drug-likeness (QED) is 0.0380. The van der Waals surface area contributed by atoms with Crippen LogP contribution >= 0.6 is 21.6 Å². The highest BCUT2D eigenvalue weighted by Gasteiger charge is 2.38. The van der Waals surface area contributed by atoms with Crippen LogP contribution in [0.3, 0.4) is 0 Å². The van der Waals surface area contributed by atoms with Crippen LogP contribution in [0.25, 0.3) is 10.9 Å². The minimum Gasteiger partial charge on any atom is -0.481 e. The van der Waals surface area contributed by atoms with Gasteiger partial charge in [0.05, 0.1) is 37.1 Å². The fourth-order valence-electron chi connectivity index (χ4n) is 11.5. The molecule has 4 bridgehead atoms. The number of nitrogens with zero attached hydrogens (tertiary/aromatic N) is 4. The second-order valence-corrected chi connectivity index (χ2v) is 30.2. The molecule has 13 amide bonds. The molecule has 38 nitrogen and oxygen atoms in total. The molecule has 0 saturated heterocycles. The third-order valence-electron chi connectivity index (χ3n) is 17.0. The van der Waals surface area contributed by atoms with Crippen molar-refractivity contribution in [2.75, 3.05) is 18.1 Å². The van der Waals surface area contributed by atoms with Crippen LogP contribution in [0.1, 0.15) is 130 Å². The number of nitrogens with one attached hydrogen (secondary N) is 15. The molecule has 586 valence electrons. The average molecular weight is 1540 g/mol. The Morgan fingerprint density at radius 3 is 1.98 bits per heavy atom. The summed E-state index contributed by atoms with van der Waals surface area (Å²) in [5.74, 6) is -17.0. The summed E-state index contributed by atoms with van der Waals surface area (Å²) in [6.45, 7) is 11.7. The molecule has 4 aromatic rings. The van der Waals surface area contributed by atoms with Crippen LogP contribution < -0.4 is 74.9 Å². The molecule has 0 saturated carbocycles. The number of aliphatic hydroxyl groups is 1. The molecule has 0 fully saturated rings. The normalized spacial score (nSPS) is 24.0. The van der Waals surface area contributed by atoms with Crippen molar-refractivity contribution in [1.29, 1.82) is 0 Å². The molecule has 2 aliphatic heterocycles. The number of imidazole rings is 1. The lowest BCUT2D eigenvalue weighted by Crippen LogP contribution is -2.61. The molecule has 40 heteroatoms. The Balaban J connectivity index is 1.53.